The van der Waals surface area contributed by atoms with Crippen LogP contribution in [0.25, 0.3) is 6.08 Å². The molecule has 0 saturated carbocycles. The van der Waals surface area contributed by atoms with Crippen LogP contribution in [0.5, 0.6) is 5.75 Å². The molecule has 1 aliphatic rings. The number of hydrogen-bond donors (Lipinski definition) is 2. The Morgan fingerprint density at radius 3 is 2.43 bits per heavy atom. The fourth-order valence-corrected chi connectivity index (χ4v) is 3.07. The molecule has 142 valence electrons. The Labute approximate surface area is 170 Å². The number of halogens is 2. The highest BCUT2D eigenvalue weighted by Crippen LogP contribution is 2.36. The molecule has 0 aliphatic carbocycles. The van der Waals surface area contributed by atoms with E-state index in [0.717, 1.165) is 17.0 Å². The number of carbonyl (C=O) groups excluding carboxylic acids is 3. The smallest absolute Gasteiger partial charge is 0.335 e. The third-order valence-electron chi connectivity index (χ3n) is 3.76. The van der Waals surface area contributed by atoms with Crippen molar-refractivity contribution in [3.63, 3.8) is 0 Å². The highest BCUT2D eigenvalue weighted by Gasteiger charge is 2.37. The van der Waals surface area contributed by atoms with E-state index in [1.807, 2.05) is 5.32 Å². The number of nitrogens with zero attached hydrogens (tertiary/aromatic N) is 2. The van der Waals surface area contributed by atoms with Crippen LogP contribution < -0.4 is 10.2 Å². The summed E-state index contributed by atoms with van der Waals surface area (Å²) in [4.78, 5) is 48.0. The standard InChI is InChI=1S/C17H9BrClN3O6/c18-12-6-8(7-13(14(12)23)22(27)28)5-11-15(24)20-17(26)21(16(11)25)10-3-1-9(19)2-4-10/h1-7,23H,(H,20,24,26). The molecule has 1 saturated heterocycles. The normalized spacial score (nSPS) is 15.7. The van der Waals surface area contributed by atoms with E-state index in [2.05, 4.69) is 15.9 Å². The minimum Gasteiger partial charge on any atom is -0.501 e. The first-order valence-corrected chi connectivity index (χ1v) is 8.70. The largest absolute Gasteiger partial charge is 0.501 e. The Balaban J connectivity index is 2.07. The van der Waals surface area contributed by atoms with Crippen molar-refractivity contribution in [3.8, 4) is 5.75 Å². The Morgan fingerprint density at radius 2 is 1.82 bits per heavy atom. The van der Waals surface area contributed by atoms with Crippen molar-refractivity contribution in [2.75, 3.05) is 4.90 Å². The first-order valence-electron chi connectivity index (χ1n) is 7.53. The Kier molecular flexibility index (Phi) is 5.16. The van der Waals surface area contributed by atoms with Crippen LogP contribution in [0.4, 0.5) is 16.2 Å². The van der Waals surface area contributed by atoms with Gasteiger partial charge in [-0.15, -0.1) is 0 Å². The van der Waals surface area contributed by atoms with Crippen molar-refractivity contribution >= 4 is 62.8 Å². The summed E-state index contributed by atoms with van der Waals surface area (Å²) >= 11 is 8.78. The van der Waals surface area contributed by atoms with Crippen LogP contribution in [0.15, 0.2) is 46.4 Å². The summed E-state index contributed by atoms with van der Waals surface area (Å²) < 4.78 is 0.00264. The van der Waals surface area contributed by atoms with Gasteiger partial charge in [0.15, 0.2) is 0 Å². The van der Waals surface area contributed by atoms with E-state index in [-0.39, 0.29) is 15.7 Å². The van der Waals surface area contributed by atoms with Crippen LogP contribution >= 0.6 is 27.5 Å². The third kappa shape index (κ3) is 3.59. The summed E-state index contributed by atoms with van der Waals surface area (Å²) in [6.45, 7) is 0. The maximum Gasteiger partial charge on any atom is 0.335 e. The predicted molar refractivity (Wildman–Crippen MR) is 103 cm³/mol. The van der Waals surface area contributed by atoms with Gasteiger partial charge in [-0.25, -0.2) is 9.69 Å². The second-order valence-corrected chi connectivity index (χ2v) is 6.85. The average Bonchev–Trinajstić information content (AvgIpc) is 2.62. The number of phenolic OH excluding ortho intramolecular Hbond substituents is 1. The van der Waals surface area contributed by atoms with Gasteiger partial charge < -0.3 is 5.11 Å². The average molecular weight is 467 g/mol. The molecule has 9 nitrogen and oxygen atoms in total. The predicted octanol–water partition coefficient (Wildman–Crippen LogP) is 3.38. The first-order chi connectivity index (χ1) is 13.2. The summed E-state index contributed by atoms with van der Waals surface area (Å²) in [6, 6.07) is 7.14. The zero-order chi connectivity index (χ0) is 20.6. The van der Waals surface area contributed by atoms with Gasteiger partial charge in [-0.3, -0.25) is 25.0 Å². The summed E-state index contributed by atoms with van der Waals surface area (Å²) in [5.74, 6) is -2.46. The third-order valence-corrected chi connectivity index (χ3v) is 4.62. The number of barbiturate groups is 1. The lowest BCUT2D eigenvalue weighted by atomic mass is 10.1. The highest BCUT2D eigenvalue weighted by molar-refractivity contribution is 9.10. The summed E-state index contributed by atoms with van der Waals surface area (Å²) in [7, 11) is 0. The van der Waals surface area contributed by atoms with Crippen LogP contribution in [-0.4, -0.2) is 27.9 Å². The molecular formula is C17H9BrClN3O6. The molecule has 1 heterocycles. The van der Waals surface area contributed by atoms with Crippen molar-refractivity contribution in [2.24, 2.45) is 0 Å². The van der Waals surface area contributed by atoms with Crippen molar-refractivity contribution < 1.29 is 24.4 Å². The van der Waals surface area contributed by atoms with Crippen molar-refractivity contribution in [2.45, 2.75) is 0 Å². The van der Waals surface area contributed by atoms with Crippen LogP contribution in [0.3, 0.4) is 0 Å². The summed E-state index contributed by atoms with van der Waals surface area (Å²) in [5.41, 5.74) is -0.750. The molecule has 1 aliphatic heterocycles. The van der Waals surface area contributed by atoms with E-state index in [4.69, 9.17) is 11.6 Å². The number of nitro benzene ring substituents is 1. The van der Waals surface area contributed by atoms with Gasteiger partial charge in [0.1, 0.15) is 5.57 Å². The molecule has 4 amide bonds. The van der Waals surface area contributed by atoms with Gasteiger partial charge in [0, 0.05) is 11.1 Å². The SMILES string of the molecule is O=C1NC(=O)N(c2ccc(Cl)cc2)C(=O)C1=Cc1cc(Br)c(O)c([N+](=O)[O-])c1. The molecule has 0 bridgehead atoms. The number of carbonyl (C=O) groups is 3. The van der Waals surface area contributed by atoms with E-state index in [1.54, 1.807) is 0 Å². The number of phenols is 1. The molecule has 0 spiro atoms. The van der Waals surface area contributed by atoms with E-state index in [0.29, 0.717) is 5.02 Å². The minimum absolute atomic E-state index is 0.00264. The number of anilines is 1. The van der Waals surface area contributed by atoms with Crippen molar-refractivity contribution in [3.05, 3.63) is 67.1 Å². The Morgan fingerprint density at radius 1 is 1.18 bits per heavy atom. The molecule has 11 heteroatoms. The number of nitrogens with one attached hydrogen (secondary N) is 1. The van der Waals surface area contributed by atoms with Crippen LogP contribution in [0.1, 0.15) is 5.56 Å². The number of hydrogen-bond acceptors (Lipinski definition) is 6. The number of rotatable bonds is 3. The van der Waals surface area contributed by atoms with Crippen LogP contribution in [0.2, 0.25) is 5.02 Å². The molecule has 0 radical (unpaired) electrons. The van der Waals surface area contributed by atoms with Crippen molar-refractivity contribution in [1.29, 1.82) is 0 Å². The number of aromatic hydroxyl groups is 1. The van der Waals surface area contributed by atoms with Gasteiger partial charge in [0.25, 0.3) is 11.8 Å². The Hall–Kier alpha value is -3.24. The fraction of sp³-hybridized carbons (Fsp3) is 0. The van der Waals surface area contributed by atoms with Crippen molar-refractivity contribution in [1.82, 2.24) is 5.32 Å². The van der Waals surface area contributed by atoms with Gasteiger partial charge in [-0.1, -0.05) is 11.6 Å². The van der Waals surface area contributed by atoms with Gasteiger partial charge in [0.05, 0.1) is 15.1 Å². The first kappa shape index (κ1) is 19.5. The molecule has 2 aromatic carbocycles. The molecule has 28 heavy (non-hydrogen) atoms. The van der Waals surface area contributed by atoms with Crippen LogP contribution in [0, 0.1) is 10.1 Å². The van der Waals surface area contributed by atoms with E-state index >= 15 is 0 Å². The van der Waals surface area contributed by atoms with Gasteiger partial charge in [-0.2, -0.15) is 0 Å². The maximum absolute atomic E-state index is 12.8. The number of benzene rings is 2. The van der Waals surface area contributed by atoms with E-state index in [1.165, 1.54) is 30.3 Å². The molecule has 3 rings (SSSR count). The molecular weight excluding hydrogens is 458 g/mol. The second kappa shape index (κ2) is 7.41. The molecule has 2 aromatic rings. The summed E-state index contributed by atoms with van der Waals surface area (Å²) in [6.07, 6.45) is 1.09. The Bertz CT molecular complexity index is 1070. The zero-order valence-electron chi connectivity index (χ0n) is 13.7. The number of urea groups is 1. The van der Waals surface area contributed by atoms with Crippen LogP contribution in [-0.2, 0) is 9.59 Å². The molecule has 1 fully saturated rings. The molecule has 2 N–H and O–H groups in total. The molecule has 0 atom stereocenters. The number of amides is 4. The quantitative estimate of drug-likeness (QED) is 0.309. The topological polar surface area (TPSA) is 130 Å². The lowest BCUT2D eigenvalue weighted by Crippen LogP contribution is -2.54. The van der Waals surface area contributed by atoms with Gasteiger partial charge >= 0.3 is 11.7 Å². The van der Waals surface area contributed by atoms with Gasteiger partial charge in [-0.05, 0) is 57.9 Å². The molecule has 0 unspecified atom stereocenters. The second-order valence-electron chi connectivity index (χ2n) is 5.56. The molecule has 0 aromatic heterocycles. The monoisotopic (exact) mass is 465 g/mol. The maximum atomic E-state index is 12.8. The fourth-order valence-electron chi connectivity index (χ4n) is 2.48. The zero-order valence-corrected chi connectivity index (χ0v) is 16.0. The van der Waals surface area contributed by atoms with Gasteiger partial charge in [0.2, 0.25) is 5.75 Å². The lowest BCUT2D eigenvalue weighted by molar-refractivity contribution is -0.386. The van der Waals surface area contributed by atoms with E-state index < -0.39 is 39.8 Å². The summed E-state index contributed by atoms with van der Waals surface area (Å²) in [5, 5.41) is 23.2. The number of imide groups is 2. The van der Waals surface area contributed by atoms with E-state index in [9.17, 15) is 29.6 Å². The highest BCUT2D eigenvalue weighted by atomic mass is 79.9. The lowest BCUT2D eigenvalue weighted by Gasteiger charge is -2.26. The minimum atomic E-state index is -0.952. The number of nitro groups is 1.